The van der Waals surface area contributed by atoms with Crippen LogP contribution in [0, 0.1) is 27.7 Å². The van der Waals surface area contributed by atoms with Crippen molar-refractivity contribution in [2.45, 2.75) is 33.7 Å². The summed E-state index contributed by atoms with van der Waals surface area (Å²) < 4.78 is 0. The molecule has 0 aromatic heterocycles. The summed E-state index contributed by atoms with van der Waals surface area (Å²) >= 11 is 0. The van der Waals surface area contributed by atoms with Crippen LogP contribution in [-0.2, 0) is 9.59 Å². The van der Waals surface area contributed by atoms with Gasteiger partial charge in [-0.25, -0.2) is 0 Å². The van der Waals surface area contributed by atoms with Crippen molar-refractivity contribution in [2.75, 3.05) is 4.90 Å². The minimum absolute atomic E-state index is 0.115. The zero-order chi connectivity index (χ0) is 22.3. The van der Waals surface area contributed by atoms with Crippen molar-refractivity contribution in [2.24, 2.45) is 0 Å². The maximum absolute atomic E-state index is 13.2. The summed E-state index contributed by atoms with van der Waals surface area (Å²) in [6.07, 6.45) is 0. The van der Waals surface area contributed by atoms with Gasteiger partial charge in [0.2, 0.25) is 0 Å². The molecular formula is C27H25NO3. The highest BCUT2D eigenvalue weighted by atomic mass is 16.3. The van der Waals surface area contributed by atoms with E-state index in [-0.39, 0.29) is 11.3 Å². The average molecular weight is 412 g/mol. The van der Waals surface area contributed by atoms with Gasteiger partial charge in [-0.15, -0.1) is 0 Å². The van der Waals surface area contributed by atoms with Crippen LogP contribution in [0.1, 0.15) is 39.4 Å². The minimum Gasteiger partial charge on any atom is -0.507 e. The molecule has 3 aromatic rings. The van der Waals surface area contributed by atoms with Crippen molar-refractivity contribution in [1.29, 1.82) is 0 Å². The monoisotopic (exact) mass is 411 g/mol. The van der Waals surface area contributed by atoms with Gasteiger partial charge >= 0.3 is 0 Å². The standard InChI is InChI=1S/C27H25NO3/c1-16-8-7-10-21(14-16)28-24(22-11-6-5-9-18(22)3)23(26(30)27(28)31)25(29)20-13-12-17(2)19(4)15-20/h5-15,24,29H,1-4H3/b25-23+. The number of Topliss-reactive ketones (excluding diaryl/α,β-unsaturated/α-hetero) is 1. The van der Waals surface area contributed by atoms with E-state index < -0.39 is 17.7 Å². The quantitative estimate of drug-likeness (QED) is 0.349. The Morgan fingerprint density at radius 1 is 0.806 bits per heavy atom. The first-order chi connectivity index (χ1) is 14.8. The molecule has 0 bridgehead atoms. The largest absolute Gasteiger partial charge is 0.507 e. The Balaban J connectivity index is 1.99. The van der Waals surface area contributed by atoms with Gasteiger partial charge in [-0.2, -0.15) is 0 Å². The zero-order valence-electron chi connectivity index (χ0n) is 18.1. The molecule has 4 rings (SSSR count). The van der Waals surface area contributed by atoms with Crippen LogP contribution in [0.15, 0.2) is 72.3 Å². The number of carbonyl (C=O) groups excluding carboxylic acids is 2. The number of nitrogens with zero attached hydrogens (tertiary/aromatic N) is 1. The molecule has 1 N–H and O–H groups in total. The second-order valence-electron chi connectivity index (χ2n) is 8.16. The second-order valence-corrected chi connectivity index (χ2v) is 8.16. The number of rotatable bonds is 3. The molecule has 1 saturated heterocycles. The highest BCUT2D eigenvalue weighted by Gasteiger charge is 2.47. The van der Waals surface area contributed by atoms with E-state index in [0.29, 0.717) is 11.3 Å². The zero-order valence-corrected chi connectivity index (χ0v) is 18.1. The van der Waals surface area contributed by atoms with Crippen LogP contribution in [0.4, 0.5) is 5.69 Å². The number of carbonyl (C=O) groups is 2. The fourth-order valence-electron chi connectivity index (χ4n) is 4.11. The highest BCUT2D eigenvalue weighted by molar-refractivity contribution is 6.51. The number of benzene rings is 3. The van der Waals surface area contributed by atoms with Gasteiger partial charge in [0.15, 0.2) is 0 Å². The number of aryl methyl sites for hydroxylation is 4. The molecule has 1 unspecified atom stereocenters. The molecule has 0 saturated carbocycles. The minimum atomic E-state index is -0.704. The third-order valence-corrected chi connectivity index (χ3v) is 5.99. The fraction of sp³-hybridized carbons (Fsp3) is 0.185. The first-order valence-corrected chi connectivity index (χ1v) is 10.3. The van der Waals surface area contributed by atoms with Crippen LogP contribution in [-0.4, -0.2) is 16.8 Å². The van der Waals surface area contributed by atoms with Crippen LogP contribution < -0.4 is 4.90 Å². The van der Waals surface area contributed by atoms with E-state index >= 15 is 0 Å². The Bertz CT molecular complexity index is 1240. The van der Waals surface area contributed by atoms with Gasteiger partial charge in [0, 0.05) is 11.3 Å². The SMILES string of the molecule is Cc1cccc(N2C(=O)C(=O)/C(=C(/O)c3ccc(C)c(C)c3)C2c2ccccc2C)c1. The fourth-order valence-corrected chi connectivity index (χ4v) is 4.11. The van der Waals surface area contributed by atoms with Crippen LogP contribution in [0.5, 0.6) is 0 Å². The number of aliphatic hydroxyl groups is 1. The normalized spacial score (nSPS) is 17.9. The van der Waals surface area contributed by atoms with Crippen molar-refractivity contribution >= 4 is 23.1 Å². The Kier molecular flexibility index (Phi) is 5.24. The summed E-state index contributed by atoms with van der Waals surface area (Å²) in [6.45, 7) is 7.83. The Labute approximate surface area is 182 Å². The molecule has 1 heterocycles. The van der Waals surface area contributed by atoms with Crippen LogP contribution in [0.25, 0.3) is 5.76 Å². The van der Waals surface area contributed by atoms with Crippen molar-refractivity contribution in [3.05, 3.63) is 106 Å². The van der Waals surface area contributed by atoms with Gasteiger partial charge in [0.1, 0.15) is 5.76 Å². The maximum Gasteiger partial charge on any atom is 0.300 e. The lowest BCUT2D eigenvalue weighted by Crippen LogP contribution is -2.29. The first kappa shape index (κ1) is 20.6. The lowest BCUT2D eigenvalue weighted by Gasteiger charge is -2.27. The Morgan fingerprint density at radius 3 is 2.23 bits per heavy atom. The molecule has 4 heteroatoms. The van der Waals surface area contributed by atoms with E-state index in [0.717, 1.165) is 27.8 Å². The molecule has 1 amide bonds. The van der Waals surface area contributed by atoms with E-state index in [1.165, 1.54) is 4.90 Å². The van der Waals surface area contributed by atoms with E-state index in [9.17, 15) is 14.7 Å². The van der Waals surface area contributed by atoms with E-state index in [1.807, 2.05) is 88.4 Å². The molecule has 0 aliphatic carbocycles. The predicted octanol–water partition coefficient (Wildman–Crippen LogP) is 5.55. The number of amides is 1. The Hall–Kier alpha value is -3.66. The third kappa shape index (κ3) is 3.55. The molecule has 0 spiro atoms. The van der Waals surface area contributed by atoms with Gasteiger partial charge in [0.05, 0.1) is 11.6 Å². The molecule has 1 aliphatic heterocycles. The van der Waals surface area contributed by atoms with E-state index in [4.69, 9.17) is 0 Å². The molecular weight excluding hydrogens is 386 g/mol. The van der Waals surface area contributed by atoms with Crippen LogP contribution >= 0.6 is 0 Å². The molecule has 1 atom stereocenters. The lowest BCUT2D eigenvalue weighted by atomic mass is 9.92. The van der Waals surface area contributed by atoms with Gasteiger partial charge < -0.3 is 5.11 Å². The van der Waals surface area contributed by atoms with Crippen molar-refractivity contribution < 1.29 is 14.7 Å². The average Bonchev–Trinajstić information content (AvgIpc) is 3.00. The molecule has 0 radical (unpaired) electrons. The van der Waals surface area contributed by atoms with E-state index in [2.05, 4.69) is 0 Å². The summed E-state index contributed by atoms with van der Waals surface area (Å²) in [5.41, 5.74) is 6.11. The summed E-state index contributed by atoms with van der Waals surface area (Å²) in [5, 5.41) is 11.2. The van der Waals surface area contributed by atoms with Crippen LogP contribution in [0.2, 0.25) is 0 Å². The second kappa shape index (κ2) is 7.88. The smallest absolute Gasteiger partial charge is 0.300 e. The maximum atomic E-state index is 13.2. The molecule has 31 heavy (non-hydrogen) atoms. The summed E-state index contributed by atoms with van der Waals surface area (Å²) in [5.74, 6) is -1.46. The molecule has 1 fully saturated rings. The molecule has 3 aromatic carbocycles. The van der Waals surface area contributed by atoms with Crippen molar-refractivity contribution in [3.63, 3.8) is 0 Å². The summed E-state index contributed by atoms with van der Waals surface area (Å²) in [4.78, 5) is 27.9. The predicted molar refractivity (Wildman–Crippen MR) is 123 cm³/mol. The van der Waals surface area contributed by atoms with Crippen molar-refractivity contribution in [3.8, 4) is 0 Å². The van der Waals surface area contributed by atoms with E-state index in [1.54, 1.807) is 6.07 Å². The molecule has 1 aliphatic rings. The molecule has 156 valence electrons. The highest BCUT2D eigenvalue weighted by Crippen LogP contribution is 2.43. The number of anilines is 1. The van der Waals surface area contributed by atoms with Gasteiger partial charge in [-0.3, -0.25) is 14.5 Å². The summed E-state index contributed by atoms with van der Waals surface area (Å²) in [6, 6.07) is 20.0. The number of hydrogen-bond donors (Lipinski definition) is 1. The molecule has 4 nitrogen and oxygen atoms in total. The van der Waals surface area contributed by atoms with Gasteiger partial charge in [0.25, 0.3) is 11.7 Å². The topological polar surface area (TPSA) is 57.6 Å². The van der Waals surface area contributed by atoms with Gasteiger partial charge in [-0.1, -0.05) is 48.5 Å². The summed E-state index contributed by atoms with van der Waals surface area (Å²) in [7, 11) is 0. The number of aliphatic hydroxyl groups excluding tert-OH is 1. The number of ketones is 1. The Morgan fingerprint density at radius 2 is 1.55 bits per heavy atom. The third-order valence-electron chi connectivity index (χ3n) is 5.99. The number of hydrogen-bond acceptors (Lipinski definition) is 3. The van der Waals surface area contributed by atoms with Crippen LogP contribution in [0.3, 0.4) is 0 Å². The van der Waals surface area contributed by atoms with Gasteiger partial charge in [-0.05, 0) is 73.7 Å². The van der Waals surface area contributed by atoms with Crippen molar-refractivity contribution in [1.82, 2.24) is 0 Å². The lowest BCUT2D eigenvalue weighted by molar-refractivity contribution is -0.132. The first-order valence-electron chi connectivity index (χ1n) is 10.3.